The van der Waals surface area contributed by atoms with Gasteiger partial charge < -0.3 is 30.7 Å². The Morgan fingerprint density at radius 3 is 2.52 bits per heavy atom. The molecule has 1 fully saturated rings. The van der Waals surface area contributed by atoms with Crippen molar-refractivity contribution < 1.29 is 34.1 Å². The van der Waals surface area contributed by atoms with Gasteiger partial charge >= 0.3 is 0 Å². The number of aryl methyl sites for hydroxylation is 1. The third kappa shape index (κ3) is 7.55. The summed E-state index contributed by atoms with van der Waals surface area (Å²) in [5, 5.41) is 22.6. The van der Waals surface area contributed by atoms with E-state index in [0.29, 0.717) is 55.0 Å². The van der Waals surface area contributed by atoms with Gasteiger partial charge in [-0.2, -0.15) is 0 Å². The topological polar surface area (TPSA) is 148 Å². The maximum Gasteiger partial charge on any atom is 0.293 e. The molecule has 9 nitrogen and oxygen atoms in total. The number of nitrogens with two attached hydrogens (primary N) is 1. The fourth-order valence-electron chi connectivity index (χ4n) is 6.81. The van der Waals surface area contributed by atoms with E-state index in [1.165, 1.54) is 24.3 Å². The van der Waals surface area contributed by atoms with Crippen LogP contribution in [0.1, 0.15) is 99.5 Å². The fraction of sp³-hybridized carbons (Fsp3) is 0.545. The Bertz CT molecular complexity index is 1250. The molecule has 42 heavy (non-hydrogen) atoms. The van der Waals surface area contributed by atoms with Crippen molar-refractivity contribution in [3.8, 4) is 17.2 Å². The number of ether oxygens (including phenoxy) is 2. The molecule has 1 amide bonds. The van der Waals surface area contributed by atoms with Gasteiger partial charge in [0.05, 0.1) is 12.8 Å². The van der Waals surface area contributed by atoms with E-state index in [4.69, 9.17) is 15.2 Å². The molecule has 0 bridgehead atoms. The zero-order valence-corrected chi connectivity index (χ0v) is 25.3. The molecule has 1 saturated carbocycles. The summed E-state index contributed by atoms with van der Waals surface area (Å²) in [5.41, 5.74) is 7.89. The second-order valence-corrected chi connectivity index (χ2v) is 11.5. The number of phenolic OH excluding ortho intramolecular Hbond substituents is 1. The number of amides is 1. The Labute approximate surface area is 248 Å². The number of Topliss-reactive ketones (excluding diaryl/α,β-unsaturated/α-hetero) is 1. The minimum Gasteiger partial charge on any atom is -0.508 e. The number of ketones is 1. The number of aromatic hydroxyl groups is 2. The van der Waals surface area contributed by atoms with Crippen molar-refractivity contribution in [2.45, 2.75) is 90.1 Å². The second-order valence-electron chi connectivity index (χ2n) is 11.5. The molecule has 3 unspecified atom stereocenters. The van der Waals surface area contributed by atoms with Crippen LogP contribution in [0.4, 0.5) is 5.69 Å². The van der Waals surface area contributed by atoms with Gasteiger partial charge in [0.15, 0.2) is 5.75 Å². The first-order valence-corrected chi connectivity index (χ1v) is 15.0. The molecule has 0 heterocycles. The summed E-state index contributed by atoms with van der Waals surface area (Å²) in [4.78, 5) is 33.7. The number of fused-ring (bicyclic) bond motifs is 3. The standard InChI is InChI=1S/C19H26O3.C14H20N2O4/c1-3-4-18-17-7-5-13-11-14(21)6-8-15(13)16(17)9-10-19(18,2)22-12-20;1-3-4-9(17)7-8-16-10-5-6-11(20-2)12(13(10)18)14(15)19/h6,8,11-12,16-18,21H,3-5,7,9-10H2,1-2H3;5-6,16,18H,3-4,7-8H2,1-2H3,(H2,15,19)/t16?,17?,18?,19-;/m0./s1. The highest BCUT2D eigenvalue weighted by Gasteiger charge is 2.49. The fourth-order valence-corrected chi connectivity index (χ4v) is 6.81. The predicted molar refractivity (Wildman–Crippen MR) is 162 cm³/mol. The molecule has 2 aromatic rings. The Morgan fingerprint density at radius 2 is 1.88 bits per heavy atom. The Hall–Kier alpha value is -3.75. The third-order valence-electron chi connectivity index (χ3n) is 8.81. The number of rotatable bonds is 12. The monoisotopic (exact) mass is 582 g/mol. The lowest BCUT2D eigenvalue weighted by atomic mass is 9.57. The molecule has 5 N–H and O–H groups in total. The first kappa shape index (κ1) is 32.8. The van der Waals surface area contributed by atoms with Gasteiger partial charge in [0.1, 0.15) is 28.4 Å². The van der Waals surface area contributed by atoms with Gasteiger partial charge in [-0.3, -0.25) is 14.4 Å². The van der Waals surface area contributed by atoms with Crippen LogP contribution in [0.3, 0.4) is 0 Å². The highest BCUT2D eigenvalue weighted by molar-refractivity contribution is 6.00. The van der Waals surface area contributed by atoms with Gasteiger partial charge in [-0.15, -0.1) is 0 Å². The van der Waals surface area contributed by atoms with Crippen molar-refractivity contribution in [2.75, 3.05) is 19.0 Å². The summed E-state index contributed by atoms with van der Waals surface area (Å²) in [5.74, 6) is 1.26. The lowest BCUT2D eigenvalue weighted by Crippen LogP contribution is -2.48. The number of primary amides is 1. The summed E-state index contributed by atoms with van der Waals surface area (Å²) < 4.78 is 10.5. The first-order chi connectivity index (χ1) is 20.1. The average Bonchev–Trinajstić information content (AvgIpc) is 2.95. The van der Waals surface area contributed by atoms with Crippen molar-refractivity contribution in [1.82, 2.24) is 0 Å². The third-order valence-corrected chi connectivity index (χ3v) is 8.81. The van der Waals surface area contributed by atoms with Crippen molar-refractivity contribution in [2.24, 2.45) is 17.6 Å². The number of anilines is 1. The predicted octanol–water partition coefficient (Wildman–Crippen LogP) is 5.85. The summed E-state index contributed by atoms with van der Waals surface area (Å²) in [6.07, 6.45) is 8.09. The molecule has 9 heteroatoms. The number of phenols is 2. The summed E-state index contributed by atoms with van der Waals surface area (Å²) in [7, 11) is 1.39. The van der Waals surface area contributed by atoms with Gasteiger partial charge in [-0.05, 0) is 92.7 Å². The summed E-state index contributed by atoms with van der Waals surface area (Å²) in [6.45, 7) is 7.29. The average molecular weight is 583 g/mol. The van der Waals surface area contributed by atoms with Crippen molar-refractivity contribution in [3.63, 3.8) is 0 Å². The van der Waals surface area contributed by atoms with E-state index in [1.54, 1.807) is 6.07 Å². The minimum absolute atomic E-state index is 0.0719. The van der Waals surface area contributed by atoms with Crippen molar-refractivity contribution >= 4 is 23.9 Å². The van der Waals surface area contributed by atoms with E-state index >= 15 is 0 Å². The van der Waals surface area contributed by atoms with Crippen LogP contribution >= 0.6 is 0 Å². The van der Waals surface area contributed by atoms with Gasteiger partial charge in [0.2, 0.25) is 0 Å². The quantitative estimate of drug-likeness (QED) is 0.180. The number of nitrogens with one attached hydrogen (secondary N) is 1. The van der Waals surface area contributed by atoms with E-state index in [0.717, 1.165) is 44.9 Å². The van der Waals surface area contributed by atoms with Gasteiger partial charge in [0, 0.05) is 25.3 Å². The Kier molecular flexibility index (Phi) is 11.6. The van der Waals surface area contributed by atoms with Crippen LogP contribution in [0.25, 0.3) is 0 Å². The molecule has 2 aliphatic carbocycles. The maximum atomic E-state index is 11.4. The number of carbonyl (C=O) groups is 3. The number of carbonyl (C=O) groups excluding carboxylic acids is 3. The van der Waals surface area contributed by atoms with Gasteiger partial charge in [-0.1, -0.05) is 26.3 Å². The number of methoxy groups -OCH3 is 1. The van der Waals surface area contributed by atoms with Gasteiger partial charge in [0.25, 0.3) is 12.4 Å². The molecule has 230 valence electrons. The number of hydrogen-bond acceptors (Lipinski definition) is 8. The van der Waals surface area contributed by atoms with Crippen LogP contribution in [-0.2, 0) is 20.7 Å². The first-order valence-electron chi connectivity index (χ1n) is 15.0. The summed E-state index contributed by atoms with van der Waals surface area (Å²) in [6, 6.07) is 8.95. The second kappa shape index (κ2) is 14.9. The largest absolute Gasteiger partial charge is 0.508 e. The molecule has 0 saturated heterocycles. The van der Waals surface area contributed by atoms with Crippen molar-refractivity contribution in [1.29, 1.82) is 0 Å². The van der Waals surface area contributed by atoms with Crippen LogP contribution in [-0.4, -0.2) is 47.6 Å². The van der Waals surface area contributed by atoms with E-state index < -0.39 is 5.91 Å². The lowest BCUT2D eigenvalue weighted by molar-refractivity contribution is -0.158. The molecule has 2 aliphatic rings. The molecule has 0 aliphatic heterocycles. The van der Waals surface area contributed by atoms with Crippen LogP contribution in [0, 0.1) is 11.8 Å². The molecule has 4 atom stereocenters. The highest BCUT2D eigenvalue weighted by atomic mass is 16.5. The molecular weight excluding hydrogens is 536 g/mol. The smallest absolute Gasteiger partial charge is 0.293 e. The lowest BCUT2D eigenvalue weighted by Gasteiger charge is -2.50. The normalized spacial score (nSPS) is 22.4. The van der Waals surface area contributed by atoms with Crippen LogP contribution in [0.5, 0.6) is 17.2 Å². The van der Waals surface area contributed by atoms with E-state index in [2.05, 4.69) is 25.2 Å². The Balaban J connectivity index is 0.000000232. The Morgan fingerprint density at radius 1 is 1.12 bits per heavy atom. The van der Waals surface area contributed by atoms with E-state index in [1.807, 2.05) is 19.1 Å². The highest BCUT2D eigenvalue weighted by Crippen LogP contribution is 2.54. The number of benzene rings is 2. The molecule has 0 spiro atoms. The van der Waals surface area contributed by atoms with Crippen molar-refractivity contribution in [3.05, 3.63) is 47.0 Å². The molecule has 0 aromatic heterocycles. The number of hydrogen-bond donors (Lipinski definition) is 4. The molecule has 4 rings (SSSR count). The molecule has 0 radical (unpaired) electrons. The van der Waals surface area contributed by atoms with Crippen LogP contribution < -0.4 is 15.8 Å². The zero-order chi connectivity index (χ0) is 30.9. The zero-order valence-electron chi connectivity index (χ0n) is 25.3. The van der Waals surface area contributed by atoms with Crippen LogP contribution in [0.15, 0.2) is 30.3 Å². The SMILES string of the molecule is CCCC(=O)CCNc1ccc(OC)c(C(N)=O)c1O.CCCC1C2CCc3cc(O)ccc3C2CC[C@]1(C)OC=O. The van der Waals surface area contributed by atoms with Gasteiger partial charge in [-0.25, -0.2) is 0 Å². The maximum absolute atomic E-state index is 11.4. The minimum atomic E-state index is -0.773. The van der Waals surface area contributed by atoms with E-state index in [9.17, 15) is 24.6 Å². The van der Waals surface area contributed by atoms with E-state index in [-0.39, 0.29) is 28.4 Å². The van der Waals surface area contributed by atoms with Crippen LogP contribution in [0.2, 0.25) is 0 Å². The molecule has 2 aromatic carbocycles. The summed E-state index contributed by atoms with van der Waals surface area (Å²) >= 11 is 0. The molecular formula is C33H46N2O7.